The van der Waals surface area contributed by atoms with Crippen LogP contribution in [0.15, 0.2) is 72.8 Å². The maximum absolute atomic E-state index is 12.6. The number of carbonyl (C=O) groups excluding carboxylic acids is 1. The summed E-state index contributed by atoms with van der Waals surface area (Å²) in [5, 5.41) is 11.6. The first kappa shape index (κ1) is 31.2. The molecule has 42 heavy (non-hydrogen) atoms. The summed E-state index contributed by atoms with van der Waals surface area (Å²) in [5.41, 5.74) is 2.16. The third kappa shape index (κ3) is 9.41. The van der Waals surface area contributed by atoms with E-state index in [1.807, 2.05) is 87.5 Å². The van der Waals surface area contributed by atoms with Gasteiger partial charge >= 0.3 is 6.09 Å². The third-order valence-corrected chi connectivity index (χ3v) is 6.92. The highest BCUT2D eigenvalue weighted by molar-refractivity contribution is 6.42. The van der Waals surface area contributed by atoms with Crippen LogP contribution in [0.3, 0.4) is 0 Å². The van der Waals surface area contributed by atoms with Crippen LogP contribution in [0.25, 0.3) is 10.9 Å². The van der Waals surface area contributed by atoms with Crippen molar-refractivity contribution in [2.75, 3.05) is 25.5 Å². The van der Waals surface area contributed by atoms with Crippen molar-refractivity contribution in [2.45, 2.75) is 45.6 Å². The lowest BCUT2D eigenvalue weighted by Crippen LogP contribution is -2.47. The number of hydrogen-bond acceptors (Lipinski definition) is 7. The average molecular weight is 612 g/mol. The molecule has 222 valence electrons. The predicted octanol–water partition coefficient (Wildman–Crippen LogP) is 7.22. The molecule has 8 nitrogen and oxygen atoms in total. The molecule has 1 heterocycles. The van der Waals surface area contributed by atoms with E-state index in [1.54, 1.807) is 13.2 Å². The molecule has 0 fully saturated rings. The van der Waals surface area contributed by atoms with Crippen LogP contribution < -0.4 is 25.4 Å². The quantitative estimate of drug-likeness (QED) is 0.156. The zero-order valence-electron chi connectivity index (χ0n) is 24.2. The maximum Gasteiger partial charge on any atom is 0.407 e. The van der Waals surface area contributed by atoms with Crippen molar-refractivity contribution in [1.82, 2.24) is 15.6 Å². The van der Waals surface area contributed by atoms with Gasteiger partial charge in [-0.15, -0.1) is 0 Å². The first-order valence-corrected chi connectivity index (χ1v) is 14.4. The normalized spacial score (nSPS) is 12.0. The lowest BCUT2D eigenvalue weighted by atomic mass is 10.2. The van der Waals surface area contributed by atoms with E-state index in [2.05, 4.69) is 16.0 Å². The Hall–Kier alpha value is -3.72. The van der Waals surface area contributed by atoms with E-state index in [0.29, 0.717) is 47.9 Å². The van der Waals surface area contributed by atoms with Crippen molar-refractivity contribution in [3.05, 3.63) is 94.0 Å². The van der Waals surface area contributed by atoms with Gasteiger partial charge < -0.3 is 30.2 Å². The van der Waals surface area contributed by atoms with Crippen LogP contribution in [0.2, 0.25) is 10.0 Å². The molecule has 0 radical (unpaired) electrons. The highest BCUT2D eigenvalue weighted by atomic mass is 35.5. The molecule has 0 saturated heterocycles. The third-order valence-electron chi connectivity index (χ3n) is 6.19. The Morgan fingerprint density at radius 2 is 1.67 bits per heavy atom. The highest BCUT2D eigenvalue weighted by Gasteiger charge is 2.20. The van der Waals surface area contributed by atoms with Gasteiger partial charge in [-0.05, 0) is 68.3 Å². The van der Waals surface area contributed by atoms with Gasteiger partial charge in [0.25, 0.3) is 0 Å². The van der Waals surface area contributed by atoms with Gasteiger partial charge in [0.05, 0.1) is 28.7 Å². The molecule has 0 spiro atoms. The van der Waals surface area contributed by atoms with Crippen molar-refractivity contribution in [3.8, 4) is 11.5 Å². The molecule has 4 aromatic rings. The number of halogens is 2. The average Bonchev–Trinajstić information content (AvgIpc) is 2.95. The minimum absolute atomic E-state index is 0.320. The van der Waals surface area contributed by atoms with Crippen molar-refractivity contribution in [2.24, 2.45) is 0 Å². The Morgan fingerprint density at radius 3 is 2.38 bits per heavy atom. The molecule has 0 aliphatic heterocycles. The zero-order valence-corrected chi connectivity index (χ0v) is 25.7. The highest BCUT2D eigenvalue weighted by Crippen LogP contribution is 2.28. The van der Waals surface area contributed by atoms with Crippen LogP contribution in [0.5, 0.6) is 11.5 Å². The number of methoxy groups -OCH3 is 1. The number of pyridine rings is 1. The van der Waals surface area contributed by atoms with Crippen LogP contribution in [-0.2, 0) is 17.9 Å². The second-order valence-corrected chi connectivity index (χ2v) is 11.6. The Morgan fingerprint density at radius 1 is 0.929 bits per heavy atom. The molecule has 0 aliphatic carbocycles. The van der Waals surface area contributed by atoms with Crippen LogP contribution in [0.1, 0.15) is 31.9 Å². The zero-order chi connectivity index (χ0) is 30.1. The predicted molar refractivity (Wildman–Crippen MR) is 169 cm³/mol. The van der Waals surface area contributed by atoms with Crippen LogP contribution in [0.4, 0.5) is 10.6 Å². The van der Waals surface area contributed by atoms with Crippen molar-refractivity contribution >= 4 is 46.0 Å². The lowest BCUT2D eigenvalue weighted by molar-refractivity contribution is 0.0506. The molecule has 0 aliphatic rings. The molecule has 4 rings (SSSR count). The number of aromatic nitrogens is 1. The number of fused-ring (bicyclic) bond motifs is 1. The first-order valence-electron chi connectivity index (χ1n) is 13.6. The van der Waals surface area contributed by atoms with Crippen LogP contribution in [0, 0.1) is 0 Å². The number of anilines is 1. The number of hydrogen-bond donors (Lipinski definition) is 3. The Labute approximate surface area is 256 Å². The second-order valence-electron chi connectivity index (χ2n) is 10.8. The molecular weight excluding hydrogens is 575 g/mol. The summed E-state index contributed by atoms with van der Waals surface area (Å²) in [6, 6.07) is 22.6. The molecule has 1 unspecified atom stereocenters. The molecule has 1 atom stereocenters. The molecule has 10 heteroatoms. The van der Waals surface area contributed by atoms with Crippen molar-refractivity contribution < 1.29 is 19.0 Å². The van der Waals surface area contributed by atoms with E-state index < -0.39 is 11.7 Å². The van der Waals surface area contributed by atoms with Crippen molar-refractivity contribution in [1.29, 1.82) is 0 Å². The Balaban J connectivity index is 1.46. The number of nitrogens with zero attached hydrogens (tertiary/aromatic N) is 1. The van der Waals surface area contributed by atoms with Gasteiger partial charge in [-0.2, -0.15) is 0 Å². The van der Waals surface area contributed by atoms with Crippen LogP contribution in [-0.4, -0.2) is 42.9 Å². The number of ether oxygens (including phenoxy) is 3. The van der Waals surface area contributed by atoms with Gasteiger partial charge in [-0.25, -0.2) is 9.78 Å². The largest absolute Gasteiger partial charge is 0.497 e. The summed E-state index contributed by atoms with van der Waals surface area (Å²) in [5.74, 6) is 2.12. The summed E-state index contributed by atoms with van der Waals surface area (Å²) in [7, 11) is 1.64. The fourth-order valence-electron chi connectivity index (χ4n) is 4.15. The fraction of sp³-hybridized carbons (Fsp3) is 0.312. The number of rotatable bonds is 12. The van der Waals surface area contributed by atoms with E-state index in [-0.39, 0.29) is 6.04 Å². The maximum atomic E-state index is 12.6. The van der Waals surface area contributed by atoms with Gasteiger partial charge in [-0.1, -0.05) is 53.5 Å². The smallest absolute Gasteiger partial charge is 0.407 e. The molecular formula is C32H36Cl2N4O4. The van der Waals surface area contributed by atoms with E-state index in [9.17, 15) is 4.79 Å². The standard InChI is InChI=1S/C32H36Cl2N4O4/c1-32(2,3)42-31(39)37-23(18-35-17-22-11-14-26(33)27(34)15-22)19-36-30-16-29(25-7-5-6-8-28(25)38-30)41-20-21-9-12-24(40-4)13-10-21/h5-16,23,35H,17-20H2,1-4H3,(H,36,38)(H,37,39). The SMILES string of the molecule is COc1ccc(COc2cc(NCC(CNCc3ccc(Cl)c(Cl)c3)NC(=O)OC(C)(C)C)nc3ccccc23)cc1. The molecule has 0 saturated carbocycles. The first-order chi connectivity index (χ1) is 20.1. The van der Waals surface area contributed by atoms with Crippen LogP contribution >= 0.6 is 23.2 Å². The topological polar surface area (TPSA) is 93.7 Å². The summed E-state index contributed by atoms with van der Waals surface area (Å²) < 4.78 is 17.0. The molecule has 3 N–H and O–H groups in total. The Kier molecular flexibility index (Phi) is 10.7. The summed E-state index contributed by atoms with van der Waals surface area (Å²) in [6.45, 7) is 7.26. The summed E-state index contributed by atoms with van der Waals surface area (Å²) in [4.78, 5) is 17.4. The lowest BCUT2D eigenvalue weighted by Gasteiger charge is -2.24. The monoisotopic (exact) mass is 610 g/mol. The van der Waals surface area contributed by atoms with E-state index >= 15 is 0 Å². The summed E-state index contributed by atoms with van der Waals surface area (Å²) in [6.07, 6.45) is -0.499. The minimum Gasteiger partial charge on any atom is -0.497 e. The Bertz CT molecular complexity index is 1490. The number of amides is 1. The molecule has 3 aromatic carbocycles. The minimum atomic E-state index is -0.619. The van der Waals surface area contributed by atoms with Gasteiger partial charge in [0, 0.05) is 31.1 Å². The second kappa shape index (κ2) is 14.4. The number of para-hydroxylation sites is 1. The van der Waals surface area contributed by atoms with Gasteiger partial charge in [0.15, 0.2) is 0 Å². The molecule has 1 amide bonds. The number of nitrogens with one attached hydrogen (secondary N) is 3. The van der Waals surface area contributed by atoms with E-state index in [4.69, 9.17) is 42.4 Å². The summed E-state index contributed by atoms with van der Waals surface area (Å²) >= 11 is 12.2. The van der Waals surface area contributed by atoms with E-state index in [0.717, 1.165) is 27.8 Å². The fourth-order valence-corrected chi connectivity index (χ4v) is 4.47. The number of benzene rings is 3. The van der Waals surface area contributed by atoms with E-state index in [1.165, 1.54) is 0 Å². The molecule has 1 aromatic heterocycles. The number of alkyl carbamates (subject to hydrolysis) is 1. The van der Waals surface area contributed by atoms with Gasteiger partial charge in [-0.3, -0.25) is 0 Å². The number of carbonyl (C=O) groups is 1. The molecule has 0 bridgehead atoms. The van der Waals surface area contributed by atoms with Gasteiger partial charge in [0.2, 0.25) is 0 Å². The van der Waals surface area contributed by atoms with Crippen molar-refractivity contribution in [3.63, 3.8) is 0 Å². The van der Waals surface area contributed by atoms with Gasteiger partial charge in [0.1, 0.15) is 29.5 Å².